The Labute approximate surface area is 55.1 Å². The molecule has 0 aliphatic carbocycles. The Morgan fingerprint density at radius 3 is 1.25 bits per heavy atom. The van der Waals surface area contributed by atoms with E-state index in [1.807, 2.05) is 0 Å². The van der Waals surface area contributed by atoms with E-state index in [0.29, 0.717) is 0 Å². The number of ether oxygens (including phenoxy) is 1. The van der Waals surface area contributed by atoms with Crippen LogP contribution in [-0.4, -0.2) is 14.2 Å². The van der Waals surface area contributed by atoms with E-state index in [9.17, 15) is 0 Å². The number of methoxy groups -OCH3 is 1. The molecule has 0 rings (SSSR count). The molecule has 0 aromatic carbocycles. The van der Waals surface area contributed by atoms with Crippen LogP contribution in [0.4, 0.5) is 0 Å². The Hall–Kier alpha value is -0.130. The van der Waals surface area contributed by atoms with Crippen LogP contribution in [0.1, 0.15) is 0 Å². The number of hydrogen-bond donors (Lipinski definition) is 0. The van der Waals surface area contributed by atoms with E-state index in [1.54, 1.807) is 26.4 Å². The summed E-state index contributed by atoms with van der Waals surface area (Å²) in [5.41, 5.74) is 0. The molecule has 0 aliphatic rings. The zero-order chi connectivity index (χ0) is 6.12. The molecule has 0 heterocycles. The molecule has 0 amide bonds. The van der Waals surface area contributed by atoms with Gasteiger partial charge in [-0.25, -0.2) is 0 Å². The van der Waals surface area contributed by atoms with Gasteiger partial charge in [-0.15, -0.1) is 0 Å². The summed E-state index contributed by atoms with van der Waals surface area (Å²) in [5, 5.41) is 0. The number of hydrogen-bond acceptors (Lipinski definition) is 1. The summed E-state index contributed by atoms with van der Waals surface area (Å²) in [6, 6.07) is 0. The average Bonchev–Trinajstić information content (AvgIpc) is 1.69. The molecule has 8 heavy (non-hydrogen) atoms. The summed E-state index contributed by atoms with van der Waals surface area (Å²) in [7, 11) is 3.25. The minimum Gasteiger partial charge on any atom is -0.388 e. The molecule has 0 bridgehead atoms. The van der Waals surface area contributed by atoms with Crippen molar-refractivity contribution in [3.05, 3.63) is 25.3 Å². The summed E-state index contributed by atoms with van der Waals surface area (Å²) >= 11 is 0. The molecule has 1 nitrogen and oxygen atoms in total. The highest BCUT2D eigenvalue weighted by Gasteiger charge is 1.29. The Balaban J connectivity index is -0.0000000575. The molecule has 0 fully saturated rings. The Kier molecular flexibility index (Phi) is 56.3. The summed E-state index contributed by atoms with van der Waals surface area (Å²) in [5.74, 6) is 0. The van der Waals surface area contributed by atoms with Gasteiger partial charge in [0.05, 0.1) is 0 Å². The van der Waals surface area contributed by atoms with E-state index in [0.717, 1.165) is 0 Å². The van der Waals surface area contributed by atoms with Crippen LogP contribution in [-0.2, 0) is 4.74 Å². The lowest BCUT2D eigenvalue weighted by Crippen LogP contribution is -1.55. The van der Waals surface area contributed by atoms with Gasteiger partial charge in [-0.2, -0.15) is 9.90 Å². The summed E-state index contributed by atoms with van der Waals surface area (Å²) in [6.07, 6.45) is 3.28. The third-order valence-electron chi connectivity index (χ3n) is 0.167. The van der Waals surface area contributed by atoms with Crippen LogP contribution in [0.5, 0.6) is 0 Å². The molecule has 0 aliphatic heterocycles. The molecule has 0 saturated carbocycles. The van der Waals surface area contributed by atoms with Crippen LogP contribution in [0.15, 0.2) is 25.3 Å². The van der Waals surface area contributed by atoms with Gasteiger partial charge in [-0.3, -0.25) is 0 Å². The van der Waals surface area contributed by atoms with Crippen molar-refractivity contribution >= 4 is 9.90 Å². The maximum atomic E-state index is 4.25. The van der Waals surface area contributed by atoms with Crippen molar-refractivity contribution in [1.82, 2.24) is 0 Å². The number of allylic oxidation sites excluding steroid dienone is 2. The maximum Gasteiger partial charge on any atom is 0.0351 e. The lowest BCUT2D eigenvalue weighted by atomic mass is 10.6. The molecule has 0 spiro atoms. The van der Waals surface area contributed by atoms with Crippen LogP contribution in [0.25, 0.3) is 0 Å². The van der Waals surface area contributed by atoms with E-state index >= 15 is 0 Å². The quantitative estimate of drug-likeness (QED) is 0.391. The van der Waals surface area contributed by atoms with Gasteiger partial charge in [-0.05, 0) is 0 Å². The van der Waals surface area contributed by atoms with Crippen molar-refractivity contribution < 1.29 is 4.74 Å². The van der Waals surface area contributed by atoms with Crippen molar-refractivity contribution in [3.8, 4) is 0 Å². The van der Waals surface area contributed by atoms with Crippen molar-refractivity contribution in [2.75, 3.05) is 14.2 Å². The number of rotatable bonds is 1. The SMILES string of the molecule is C=CC=C.COC.P. The van der Waals surface area contributed by atoms with Gasteiger partial charge in [0, 0.05) is 14.2 Å². The zero-order valence-electron chi connectivity index (χ0n) is 5.68. The van der Waals surface area contributed by atoms with Gasteiger partial charge < -0.3 is 4.74 Å². The molecule has 0 aromatic heterocycles. The minimum absolute atomic E-state index is 0. The molecule has 1 atom stereocenters. The fourth-order valence-electron chi connectivity index (χ4n) is 0. The first kappa shape index (κ1) is 15.7. The highest BCUT2D eigenvalue weighted by atomic mass is 31.0. The first-order valence-corrected chi connectivity index (χ1v) is 1.97. The summed E-state index contributed by atoms with van der Waals surface area (Å²) in [6.45, 7) is 6.72. The van der Waals surface area contributed by atoms with Crippen LogP contribution in [0, 0.1) is 0 Å². The predicted molar refractivity (Wildman–Crippen MR) is 44.4 cm³/mol. The fourth-order valence-corrected chi connectivity index (χ4v) is 0. The topological polar surface area (TPSA) is 9.23 Å². The van der Waals surface area contributed by atoms with Crippen molar-refractivity contribution in [2.45, 2.75) is 0 Å². The van der Waals surface area contributed by atoms with Crippen LogP contribution >= 0.6 is 9.90 Å². The van der Waals surface area contributed by atoms with Crippen LogP contribution in [0.3, 0.4) is 0 Å². The van der Waals surface area contributed by atoms with E-state index < -0.39 is 0 Å². The monoisotopic (exact) mass is 134 g/mol. The molecule has 50 valence electrons. The molecule has 0 aromatic rings. The van der Waals surface area contributed by atoms with Crippen LogP contribution in [0.2, 0.25) is 0 Å². The second-order valence-corrected chi connectivity index (χ2v) is 0.880. The van der Waals surface area contributed by atoms with Crippen LogP contribution < -0.4 is 0 Å². The second kappa shape index (κ2) is 28.7. The third kappa shape index (κ3) is 184. The summed E-state index contributed by atoms with van der Waals surface area (Å²) in [4.78, 5) is 0. The van der Waals surface area contributed by atoms with Gasteiger partial charge in [-0.1, -0.05) is 25.3 Å². The normalized spacial score (nSPS) is 4.75. The molecule has 0 saturated heterocycles. The highest BCUT2D eigenvalue weighted by Crippen LogP contribution is 1.52. The molecular weight excluding hydrogens is 119 g/mol. The average molecular weight is 134 g/mol. The molecule has 0 N–H and O–H groups in total. The summed E-state index contributed by atoms with van der Waals surface area (Å²) < 4.78 is 4.25. The van der Waals surface area contributed by atoms with E-state index in [-0.39, 0.29) is 9.90 Å². The Bertz CT molecular complexity index is 37.8. The Morgan fingerprint density at radius 1 is 1.12 bits per heavy atom. The standard InChI is InChI=1S/C4H6.C2H6O.H3P/c1-3-4-2;1-3-2;/h3-4H,1-2H2;1-2H3;1H3. The molecule has 0 radical (unpaired) electrons. The smallest absolute Gasteiger partial charge is 0.0351 e. The molecule has 2 heteroatoms. The third-order valence-corrected chi connectivity index (χ3v) is 0.167. The lowest BCUT2D eigenvalue weighted by Gasteiger charge is -1.61. The van der Waals surface area contributed by atoms with E-state index in [2.05, 4.69) is 17.9 Å². The maximum absolute atomic E-state index is 4.25. The van der Waals surface area contributed by atoms with Gasteiger partial charge in [0.2, 0.25) is 0 Å². The highest BCUT2D eigenvalue weighted by molar-refractivity contribution is 6.92. The molecular formula is C6H15OP. The van der Waals surface area contributed by atoms with Gasteiger partial charge in [0.25, 0.3) is 0 Å². The minimum atomic E-state index is 0. The largest absolute Gasteiger partial charge is 0.388 e. The zero-order valence-corrected chi connectivity index (χ0v) is 7.10. The van der Waals surface area contributed by atoms with Crippen molar-refractivity contribution in [2.24, 2.45) is 0 Å². The van der Waals surface area contributed by atoms with Gasteiger partial charge >= 0.3 is 0 Å². The van der Waals surface area contributed by atoms with Crippen molar-refractivity contribution in [1.29, 1.82) is 0 Å². The lowest BCUT2D eigenvalue weighted by molar-refractivity contribution is 0.277. The van der Waals surface area contributed by atoms with Gasteiger partial charge in [0.1, 0.15) is 0 Å². The van der Waals surface area contributed by atoms with Gasteiger partial charge in [0.15, 0.2) is 0 Å². The molecule has 1 unspecified atom stereocenters. The predicted octanol–water partition coefficient (Wildman–Crippen LogP) is 1.68. The Morgan fingerprint density at radius 2 is 1.25 bits per heavy atom. The first-order chi connectivity index (χ1) is 3.33. The van der Waals surface area contributed by atoms with E-state index in [1.165, 1.54) is 0 Å². The first-order valence-electron chi connectivity index (χ1n) is 1.97. The second-order valence-electron chi connectivity index (χ2n) is 0.880. The fraction of sp³-hybridized carbons (Fsp3) is 0.333. The van der Waals surface area contributed by atoms with Crippen molar-refractivity contribution in [3.63, 3.8) is 0 Å². The van der Waals surface area contributed by atoms with E-state index in [4.69, 9.17) is 0 Å².